The van der Waals surface area contributed by atoms with Gasteiger partial charge in [-0.05, 0) is 85.5 Å². The topological polar surface area (TPSA) is 40.5 Å². The molecule has 2 saturated carbocycles. The van der Waals surface area contributed by atoms with Gasteiger partial charge in [0.05, 0.1) is 6.10 Å². The van der Waals surface area contributed by atoms with E-state index in [1.54, 1.807) is 0 Å². The van der Waals surface area contributed by atoms with Gasteiger partial charge in [-0.25, -0.2) is 0 Å². The molecule has 2 unspecified atom stereocenters. The van der Waals surface area contributed by atoms with E-state index >= 15 is 0 Å². The number of aryl methyl sites for hydroxylation is 1. The number of hydrogen-bond donors (Lipinski definition) is 2. The Bertz CT molecular complexity index is 637. The molecule has 1 aromatic carbocycles. The molecule has 0 heterocycles. The summed E-state index contributed by atoms with van der Waals surface area (Å²) in [5, 5.41) is 20.2. The van der Waals surface area contributed by atoms with Crippen LogP contribution in [0.25, 0.3) is 0 Å². The van der Waals surface area contributed by atoms with E-state index in [1.165, 1.54) is 30.4 Å². The molecule has 0 bridgehead atoms. The summed E-state index contributed by atoms with van der Waals surface area (Å²) in [6.45, 7) is 6.45. The predicted molar refractivity (Wildman–Crippen MR) is 92.5 cm³/mol. The molecule has 2 nitrogen and oxygen atoms in total. The molecule has 2 fully saturated rings. The fraction of sp³-hybridized carbons (Fsp3) is 0.619. The third-order valence-corrected chi connectivity index (χ3v) is 7.32. The second-order valence-electron chi connectivity index (χ2n) is 8.49. The van der Waals surface area contributed by atoms with E-state index in [0.717, 1.165) is 25.7 Å². The highest BCUT2D eigenvalue weighted by Crippen LogP contribution is 2.64. The smallest absolute Gasteiger partial charge is 0.115 e. The summed E-state index contributed by atoms with van der Waals surface area (Å²) in [7, 11) is 0. The molecular weight excluding hydrogens is 284 g/mol. The van der Waals surface area contributed by atoms with Gasteiger partial charge in [-0.2, -0.15) is 0 Å². The van der Waals surface area contributed by atoms with Crippen molar-refractivity contribution >= 4 is 0 Å². The van der Waals surface area contributed by atoms with Crippen LogP contribution in [0.2, 0.25) is 0 Å². The van der Waals surface area contributed by atoms with Crippen LogP contribution in [-0.2, 0) is 11.8 Å². The molecule has 0 aliphatic heterocycles. The van der Waals surface area contributed by atoms with Crippen LogP contribution < -0.4 is 0 Å². The van der Waals surface area contributed by atoms with Crippen molar-refractivity contribution in [1.29, 1.82) is 0 Å². The van der Waals surface area contributed by atoms with Crippen molar-refractivity contribution in [3.05, 3.63) is 42.0 Å². The highest BCUT2D eigenvalue weighted by Gasteiger charge is 2.58. The second kappa shape index (κ2) is 5.11. The Hall–Kier alpha value is -1.28. The van der Waals surface area contributed by atoms with Crippen molar-refractivity contribution in [2.75, 3.05) is 0 Å². The quantitative estimate of drug-likeness (QED) is 0.798. The standard InChI is InChI=1S/C21H28O2/c1-3-8-21-10-9-20(2)13-16(23)12-19(20)18(21)6-4-14-11-15(22)5-7-17(14)21/h3,5,7,11,16,18-19,22-23H,1,4,6,8-10,12-13H2,2H3/t16?,18-,19-,20+,21?/m0/s1. The minimum atomic E-state index is -0.120. The number of phenolic OH excluding ortho intramolecular Hbond substituents is 1. The van der Waals surface area contributed by atoms with Crippen LogP contribution >= 0.6 is 0 Å². The number of phenols is 1. The zero-order valence-electron chi connectivity index (χ0n) is 14.1. The van der Waals surface area contributed by atoms with Gasteiger partial charge in [0.25, 0.3) is 0 Å². The van der Waals surface area contributed by atoms with Gasteiger partial charge in [-0.1, -0.05) is 19.1 Å². The van der Waals surface area contributed by atoms with Gasteiger partial charge in [-0.3, -0.25) is 0 Å². The predicted octanol–water partition coefficient (Wildman–Crippen LogP) is 4.34. The normalized spacial score (nSPS) is 41.7. The lowest BCUT2D eigenvalue weighted by atomic mass is 9.48. The van der Waals surface area contributed by atoms with Crippen LogP contribution in [0.3, 0.4) is 0 Å². The van der Waals surface area contributed by atoms with Crippen LogP contribution in [0.1, 0.15) is 56.6 Å². The van der Waals surface area contributed by atoms with E-state index in [0.29, 0.717) is 23.0 Å². The number of benzene rings is 1. The Kier molecular flexibility index (Phi) is 3.39. The minimum Gasteiger partial charge on any atom is -0.508 e. The molecule has 2 heteroatoms. The van der Waals surface area contributed by atoms with Crippen LogP contribution in [0, 0.1) is 17.3 Å². The van der Waals surface area contributed by atoms with Gasteiger partial charge >= 0.3 is 0 Å². The third-order valence-electron chi connectivity index (χ3n) is 7.32. The lowest BCUT2D eigenvalue weighted by molar-refractivity contribution is 0.00644. The fourth-order valence-electron chi connectivity index (χ4n) is 6.38. The molecular formula is C21H28O2. The second-order valence-corrected chi connectivity index (χ2v) is 8.49. The van der Waals surface area contributed by atoms with Crippen molar-refractivity contribution in [2.45, 2.75) is 63.4 Å². The van der Waals surface area contributed by atoms with Crippen molar-refractivity contribution in [2.24, 2.45) is 17.3 Å². The summed E-state index contributed by atoms with van der Waals surface area (Å²) >= 11 is 0. The zero-order valence-corrected chi connectivity index (χ0v) is 14.1. The Labute approximate surface area is 139 Å². The van der Waals surface area contributed by atoms with E-state index in [2.05, 4.69) is 25.6 Å². The Morgan fingerprint density at radius 1 is 1.30 bits per heavy atom. The van der Waals surface area contributed by atoms with E-state index in [-0.39, 0.29) is 11.5 Å². The average Bonchev–Trinajstić information content (AvgIpc) is 2.81. The van der Waals surface area contributed by atoms with Gasteiger partial charge in [0, 0.05) is 5.41 Å². The maximum Gasteiger partial charge on any atom is 0.115 e. The molecule has 0 aromatic heterocycles. The van der Waals surface area contributed by atoms with E-state index in [4.69, 9.17) is 0 Å². The Morgan fingerprint density at radius 3 is 2.91 bits per heavy atom. The highest BCUT2D eigenvalue weighted by atomic mass is 16.3. The molecule has 124 valence electrons. The zero-order chi connectivity index (χ0) is 16.2. The van der Waals surface area contributed by atoms with Gasteiger partial charge < -0.3 is 10.2 Å². The number of aromatic hydroxyl groups is 1. The average molecular weight is 312 g/mol. The SMILES string of the molecule is C=CCC12CC[C@]3(C)CC(O)C[C@H]3[C@@H]1CCc1cc(O)ccc12. The largest absolute Gasteiger partial charge is 0.508 e. The maximum absolute atomic E-state index is 10.3. The number of aliphatic hydroxyl groups is 1. The third kappa shape index (κ3) is 2.11. The summed E-state index contributed by atoms with van der Waals surface area (Å²) in [5.41, 5.74) is 3.24. The molecule has 0 saturated heterocycles. The summed E-state index contributed by atoms with van der Waals surface area (Å²) in [5.74, 6) is 1.63. The number of fused-ring (bicyclic) bond motifs is 5. The summed E-state index contributed by atoms with van der Waals surface area (Å²) in [6.07, 6.45) is 9.52. The lowest BCUT2D eigenvalue weighted by Gasteiger charge is -2.56. The Balaban J connectivity index is 1.82. The van der Waals surface area contributed by atoms with E-state index in [9.17, 15) is 10.2 Å². The fourth-order valence-corrected chi connectivity index (χ4v) is 6.38. The maximum atomic E-state index is 10.3. The lowest BCUT2D eigenvalue weighted by Crippen LogP contribution is -2.50. The van der Waals surface area contributed by atoms with Crippen LogP contribution in [0.15, 0.2) is 30.9 Å². The van der Waals surface area contributed by atoms with Crippen molar-refractivity contribution in [3.8, 4) is 5.75 Å². The number of allylic oxidation sites excluding steroid dienone is 1. The van der Waals surface area contributed by atoms with Crippen molar-refractivity contribution in [3.63, 3.8) is 0 Å². The van der Waals surface area contributed by atoms with Gasteiger partial charge in [0.15, 0.2) is 0 Å². The monoisotopic (exact) mass is 312 g/mol. The molecule has 0 spiro atoms. The van der Waals surface area contributed by atoms with Crippen LogP contribution in [0.5, 0.6) is 5.75 Å². The molecule has 23 heavy (non-hydrogen) atoms. The number of hydrogen-bond acceptors (Lipinski definition) is 2. The summed E-state index contributed by atoms with van der Waals surface area (Å²) in [6, 6.07) is 5.98. The van der Waals surface area contributed by atoms with E-state index in [1.807, 2.05) is 12.1 Å². The van der Waals surface area contributed by atoms with Crippen LogP contribution in [-0.4, -0.2) is 16.3 Å². The summed E-state index contributed by atoms with van der Waals surface area (Å²) in [4.78, 5) is 0. The molecule has 3 aliphatic carbocycles. The molecule has 0 amide bonds. The number of aliphatic hydroxyl groups excluding tert-OH is 1. The molecule has 5 atom stereocenters. The molecule has 4 rings (SSSR count). The summed E-state index contributed by atoms with van der Waals surface area (Å²) < 4.78 is 0. The minimum absolute atomic E-state index is 0.120. The van der Waals surface area contributed by atoms with Crippen LogP contribution in [0.4, 0.5) is 0 Å². The first kappa shape index (κ1) is 15.3. The molecule has 1 aromatic rings. The van der Waals surface area contributed by atoms with Crippen molar-refractivity contribution < 1.29 is 10.2 Å². The molecule has 0 radical (unpaired) electrons. The van der Waals surface area contributed by atoms with Gasteiger partial charge in [-0.15, -0.1) is 6.58 Å². The van der Waals surface area contributed by atoms with Crippen molar-refractivity contribution in [1.82, 2.24) is 0 Å². The first-order valence-corrected chi connectivity index (χ1v) is 9.10. The molecule has 2 N–H and O–H groups in total. The highest BCUT2D eigenvalue weighted by molar-refractivity contribution is 5.44. The molecule has 3 aliphatic rings. The van der Waals surface area contributed by atoms with Gasteiger partial charge in [0.2, 0.25) is 0 Å². The first-order valence-electron chi connectivity index (χ1n) is 9.10. The van der Waals surface area contributed by atoms with Gasteiger partial charge in [0.1, 0.15) is 5.75 Å². The first-order chi connectivity index (χ1) is 11.0. The Morgan fingerprint density at radius 2 is 2.13 bits per heavy atom. The van der Waals surface area contributed by atoms with E-state index < -0.39 is 0 Å². The number of rotatable bonds is 2.